The number of nitrogens with one attached hydrogen (secondary N) is 1. The van der Waals surface area contributed by atoms with Crippen LogP contribution in [0.15, 0.2) is 18.5 Å². The number of hydrogen-bond acceptors (Lipinski definition) is 5. The van der Waals surface area contributed by atoms with Gasteiger partial charge in [0, 0.05) is 18.9 Å². The van der Waals surface area contributed by atoms with E-state index in [9.17, 15) is 4.79 Å². The zero-order valence-corrected chi connectivity index (χ0v) is 9.70. The van der Waals surface area contributed by atoms with Crippen molar-refractivity contribution in [1.29, 1.82) is 0 Å². The topological polar surface area (TPSA) is 72.7 Å². The molecule has 0 saturated heterocycles. The summed E-state index contributed by atoms with van der Waals surface area (Å²) in [6.07, 6.45) is 3.51. The van der Waals surface area contributed by atoms with Gasteiger partial charge in [-0.15, -0.1) is 10.2 Å². The van der Waals surface area contributed by atoms with Crippen LogP contribution in [0.2, 0.25) is 4.47 Å². The first kappa shape index (κ1) is 11.0. The van der Waals surface area contributed by atoms with Crippen LogP contribution in [0.1, 0.15) is 9.80 Å². The number of amides is 1. The number of hydrogen-bond donors (Lipinski definition) is 1. The van der Waals surface area contributed by atoms with Crippen molar-refractivity contribution in [3.63, 3.8) is 0 Å². The van der Waals surface area contributed by atoms with E-state index in [4.69, 9.17) is 11.6 Å². The Morgan fingerprint density at radius 2 is 2.44 bits per heavy atom. The highest BCUT2D eigenvalue weighted by Gasteiger charge is 2.10. The van der Waals surface area contributed by atoms with Crippen LogP contribution < -0.4 is 5.32 Å². The molecule has 16 heavy (non-hydrogen) atoms. The molecule has 0 unspecified atom stereocenters. The van der Waals surface area contributed by atoms with E-state index < -0.39 is 0 Å². The van der Waals surface area contributed by atoms with Crippen LogP contribution in [-0.2, 0) is 6.54 Å². The molecule has 1 N–H and O–H groups in total. The molecule has 0 bridgehead atoms. The summed E-state index contributed by atoms with van der Waals surface area (Å²) in [5.74, 6) is -0.267. The first-order valence-electron chi connectivity index (χ1n) is 4.50. The van der Waals surface area contributed by atoms with Crippen LogP contribution in [0.3, 0.4) is 0 Å². The number of aromatic nitrogens is 4. The van der Waals surface area contributed by atoms with Crippen LogP contribution in [-0.4, -0.2) is 32.4 Å². The Kier molecular flexibility index (Phi) is 3.47. The Labute approximate surface area is 100 Å². The summed E-state index contributed by atoms with van der Waals surface area (Å²) < 4.78 is 1.99. The van der Waals surface area contributed by atoms with Crippen LogP contribution in [0.5, 0.6) is 0 Å². The molecule has 0 fully saturated rings. The predicted molar refractivity (Wildman–Crippen MR) is 59.5 cm³/mol. The number of carbonyl (C=O) groups excluding carboxylic acids is 1. The molecule has 2 aromatic heterocycles. The summed E-state index contributed by atoms with van der Waals surface area (Å²) in [4.78, 5) is 11.5. The molecule has 2 aromatic rings. The summed E-state index contributed by atoms with van der Waals surface area (Å²) in [5.41, 5.74) is 0. The van der Waals surface area contributed by atoms with E-state index in [1.54, 1.807) is 10.9 Å². The Morgan fingerprint density at radius 3 is 3.06 bits per heavy atom. The lowest BCUT2D eigenvalue weighted by atomic mass is 10.5. The third-order valence-electron chi connectivity index (χ3n) is 1.78. The van der Waals surface area contributed by atoms with Crippen molar-refractivity contribution in [3.05, 3.63) is 27.9 Å². The van der Waals surface area contributed by atoms with Crippen molar-refractivity contribution in [2.45, 2.75) is 6.54 Å². The second-order valence-electron chi connectivity index (χ2n) is 2.89. The van der Waals surface area contributed by atoms with E-state index in [0.29, 0.717) is 13.1 Å². The standard InChI is InChI=1S/C8H8ClN5OS/c9-8-13-12-7(16-8)6(15)10-3-5-14-4-1-2-11-14/h1-2,4H,3,5H2,(H,10,15). The van der Waals surface area contributed by atoms with Crippen LogP contribution in [0.25, 0.3) is 0 Å². The Balaban J connectivity index is 1.80. The van der Waals surface area contributed by atoms with Crippen molar-refractivity contribution in [3.8, 4) is 0 Å². The Morgan fingerprint density at radius 1 is 1.56 bits per heavy atom. The first-order valence-corrected chi connectivity index (χ1v) is 5.70. The maximum Gasteiger partial charge on any atom is 0.282 e. The highest BCUT2D eigenvalue weighted by Crippen LogP contribution is 2.14. The molecule has 84 valence electrons. The minimum absolute atomic E-state index is 0.261. The minimum atomic E-state index is -0.267. The molecule has 0 aliphatic heterocycles. The van der Waals surface area contributed by atoms with Gasteiger partial charge in [0.15, 0.2) is 0 Å². The van der Waals surface area contributed by atoms with E-state index in [2.05, 4.69) is 20.6 Å². The quantitative estimate of drug-likeness (QED) is 0.880. The Bertz CT molecular complexity index is 468. The van der Waals surface area contributed by atoms with E-state index in [-0.39, 0.29) is 15.4 Å². The molecule has 8 heteroatoms. The van der Waals surface area contributed by atoms with E-state index in [1.807, 2.05) is 12.3 Å². The van der Waals surface area contributed by atoms with Gasteiger partial charge in [-0.3, -0.25) is 9.48 Å². The maximum absolute atomic E-state index is 11.5. The normalized spacial score (nSPS) is 10.3. The third kappa shape index (κ3) is 2.77. The van der Waals surface area contributed by atoms with Gasteiger partial charge < -0.3 is 5.32 Å². The number of halogens is 1. The van der Waals surface area contributed by atoms with Gasteiger partial charge in [-0.1, -0.05) is 11.3 Å². The Hall–Kier alpha value is -1.47. The second-order valence-corrected chi connectivity index (χ2v) is 4.44. The molecule has 0 aliphatic carbocycles. The summed E-state index contributed by atoms with van der Waals surface area (Å²) in [5, 5.41) is 14.2. The maximum atomic E-state index is 11.5. The first-order chi connectivity index (χ1) is 7.75. The molecular formula is C8H8ClN5OS. The average molecular weight is 258 g/mol. The molecule has 0 atom stereocenters. The highest BCUT2D eigenvalue weighted by molar-refractivity contribution is 7.17. The lowest BCUT2D eigenvalue weighted by Gasteiger charge is -2.02. The molecule has 0 aromatic carbocycles. The van der Waals surface area contributed by atoms with Gasteiger partial charge in [0.25, 0.3) is 5.91 Å². The number of rotatable bonds is 4. The zero-order chi connectivity index (χ0) is 11.4. The van der Waals surface area contributed by atoms with Crippen molar-refractivity contribution >= 4 is 28.8 Å². The van der Waals surface area contributed by atoms with Gasteiger partial charge >= 0.3 is 0 Å². The molecular weight excluding hydrogens is 250 g/mol. The highest BCUT2D eigenvalue weighted by atomic mass is 35.5. The van der Waals surface area contributed by atoms with Crippen LogP contribution in [0.4, 0.5) is 0 Å². The lowest BCUT2D eigenvalue weighted by Crippen LogP contribution is -2.27. The van der Waals surface area contributed by atoms with Crippen molar-refractivity contribution in [1.82, 2.24) is 25.3 Å². The minimum Gasteiger partial charge on any atom is -0.348 e. The van der Waals surface area contributed by atoms with Gasteiger partial charge in [-0.25, -0.2) is 0 Å². The van der Waals surface area contributed by atoms with E-state index in [1.165, 1.54) is 0 Å². The molecule has 1 amide bonds. The SMILES string of the molecule is O=C(NCCn1cccn1)c1nnc(Cl)s1. The smallest absolute Gasteiger partial charge is 0.282 e. The fourth-order valence-corrected chi connectivity index (χ4v) is 1.83. The van der Waals surface area contributed by atoms with Gasteiger partial charge in [-0.05, 0) is 17.7 Å². The molecule has 2 rings (SSSR count). The summed E-state index contributed by atoms with van der Waals surface area (Å²) in [6, 6.07) is 1.83. The largest absolute Gasteiger partial charge is 0.348 e. The second kappa shape index (κ2) is 5.04. The van der Waals surface area contributed by atoms with E-state index >= 15 is 0 Å². The molecule has 2 heterocycles. The van der Waals surface area contributed by atoms with E-state index in [0.717, 1.165) is 11.3 Å². The fourth-order valence-electron chi connectivity index (χ4n) is 1.09. The van der Waals surface area contributed by atoms with Crippen molar-refractivity contribution < 1.29 is 4.79 Å². The third-order valence-corrected chi connectivity index (χ3v) is 2.80. The van der Waals surface area contributed by atoms with Crippen LogP contribution >= 0.6 is 22.9 Å². The lowest BCUT2D eigenvalue weighted by molar-refractivity contribution is 0.0951. The molecule has 0 saturated carbocycles. The number of nitrogens with zero attached hydrogens (tertiary/aromatic N) is 4. The van der Waals surface area contributed by atoms with Crippen molar-refractivity contribution in [2.75, 3.05) is 6.54 Å². The zero-order valence-electron chi connectivity index (χ0n) is 8.13. The number of carbonyl (C=O) groups is 1. The molecule has 0 aliphatic rings. The summed E-state index contributed by atoms with van der Waals surface area (Å²) in [7, 11) is 0. The average Bonchev–Trinajstić information content (AvgIpc) is 2.89. The van der Waals surface area contributed by atoms with Gasteiger partial charge in [0.1, 0.15) is 0 Å². The van der Waals surface area contributed by atoms with Gasteiger partial charge in [-0.2, -0.15) is 5.10 Å². The summed E-state index contributed by atoms with van der Waals surface area (Å²) >= 11 is 6.62. The van der Waals surface area contributed by atoms with Gasteiger partial charge in [0.05, 0.1) is 6.54 Å². The molecule has 6 nitrogen and oxygen atoms in total. The summed E-state index contributed by atoms with van der Waals surface area (Å²) in [6.45, 7) is 1.10. The van der Waals surface area contributed by atoms with Gasteiger partial charge in [0.2, 0.25) is 9.47 Å². The molecule has 0 spiro atoms. The van der Waals surface area contributed by atoms with Crippen LogP contribution in [0, 0.1) is 0 Å². The monoisotopic (exact) mass is 257 g/mol. The fraction of sp³-hybridized carbons (Fsp3) is 0.250. The molecule has 0 radical (unpaired) electrons. The van der Waals surface area contributed by atoms with Crippen molar-refractivity contribution in [2.24, 2.45) is 0 Å². The predicted octanol–water partition coefficient (Wildman–Crippen LogP) is 0.818.